The quantitative estimate of drug-likeness (QED) is 0.880. The van der Waals surface area contributed by atoms with Crippen LogP contribution >= 0.6 is 27.3 Å². The van der Waals surface area contributed by atoms with Crippen LogP contribution in [0.3, 0.4) is 0 Å². The summed E-state index contributed by atoms with van der Waals surface area (Å²) < 4.78 is 11.0. The molecular weight excluding hydrogens is 312 g/mol. The maximum absolute atomic E-state index is 11.0. The summed E-state index contributed by atoms with van der Waals surface area (Å²) in [5, 5.41) is 8.34. The maximum atomic E-state index is 11.0. The molecule has 0 aliphatic carbocycles. The fourth-order valence-corrected chi connectivity index (χ4v) is 2.76. The Kier molecular flexibility index (Phi) is 3.49. The summed E-state index contributed by atoms with van der Waals surface area (Å²) in [7, 11) is 0. The molecule has 0 amide bonds. The monoisotopic (exact) mass is 318 g/mol. The lowest BCUT2D eigenvalue weighted by Gasteiger charge is -2.03. The van der Waals surface area contributed by atoms with Crippen LogP contribution in [0.15, 0.2) is 25.8 Å². The van der Waals surface area contributed by atoms with E-state index >= 15 is 0 Å². The lowest BCUT2D eigenvalue weighted by Crippen LogP contribution is -2.04. The van der Waals surface area contributed by atoms with Crippen molar-refractivity contribution < 1.29 is 19.1 Å². The molecule has 90 valence electrons. The van der Waals surface area contributed by atoms with E-state index in [-0.39, 0.29) is 11.5 Å². The number of hydrogen-bond donors (Lipinski definition) is 1. The van der Waals surface area contributed by atoms with E-state index < -0.39 is 6.16 Å². The highest BCUT2D eigenvalue weighted by molar-refractivity contribution is 9.10. The molecule has 1 N–H and O–H groups in total. The third-order valence-electron chi connectivity index (χ3n) is 2.10. The van der Waals surface area contributed by atoms with Crippen LogP contribution in [0.2, 0.25) is 0 Å². The molecule has 1 aromatic heterocycles. The summed E-state index contributed by atoms with van der Waals surface area (Å²) in [5.41, 5.74) is 1.34. The van der Waals surface area contributed by atoms with E-state index in [4.69, 9.17) is 9.52 Å². The lowest BCUT2D eigenvalue weighted by molar-refractivity contribution is 0.0927. The molecule has 1 aromatic carbocycles. The summed E-state index contributed by atoms with van der Waals surface area (Å²) in [6, 6.07) is 3.49. The molecule has 17 heavy (non-hydrogen) atoms. The van der Waals surface area contributed by atoms with E-state index in [1.54, 1.807) is 12.1 Å². The number of ether oxygens (including phenoxy) is 1. The van der Waals surface area contributed by atoms with Gasteiger partial charge in [0.25, 0.3) is 0 Å². The third kappa shape index (κ3) is 2.86. The standard InChI is InChI=1S/C10H7BrO5S/c11-6-4-8-7(16-10(14)17-8)3-5(6)1-2-15-9(12)13/h3-4H,1-2H2,(H,12,13). The van der Waals surface area contributed by atoms with Gasteiger partial charge in [0.2, 0.25) is 0 Å². The van der Waals surface area contributed by atoms with Crippen molar-refractivity contribution in [1.82, 2.24) is 0 Å². The Hall–Kier alpha value is -1.34. The number of carbonyl (C=O) groups is 1. The molecule has 7 heteroatoms. The van der Waals surface area contributed by atoms with Crippen molar-refractivity contribution in [3.63, 3.8) is 0 Å². The van der Waals surface area contributed by atoms with Gasteiger partial charge < -0.3 is 14.3 Å². The molecule has 2 aromatic rings. The van der Waals surface area contributed by atoms with Gasteiger partial charge in [0, 0.05) is 10.9 Å². The van der Waals surface area contributed by atoms with E-state index in [1.807, 2.05) is 0 Å². The summed E-state index contributed by atoms with van der Waals surface area (Å²) in [6.45, 7) is 0.0633. The fourth-order valence-electron chi connectivity index (χ4n) is 1.38. The predicted octanol–water partition coefficient (Wildman–Crippen LogP) is 2.85. The van der Waals surface area contributed by atoms with Crippen molar-refractivity contribution in [3.05, 3.63) is 31.9 Å². The molecule has 0 atom stereocenters. The largest absolute Gasteiger partial charge is 0.505 e. The predicted molar refractivity (Wildman–Crippen MR) is 65.7 cm³/mol. The molecule has 2 rings (SSSR count). The van der Waals surface area contributed by atoms with Gasteiger partial charge in [-0.3, -0.25) is 0 Å². The Morgan fingerprint density at radius 2 is 2.29 bits per heavy atom. The van der Waals surface area contributed by atoms with Gasteiger partial charge in [-0.25, -0.2) is 9.59 Å². The molecule has 1 heterocycles. The van der Waals surface area contributed by atoms with Gasteiger partial charge in [0.1, 0.15) is 5.58 Å². The average molecular weight is 319 g/mol. The Bertz CT molecular complexity index is 615. The summed E-state index contributed by atoms with van der Waals surface area (Å²) in [4.78, 5) is 20.9. The highest BCUT2D eigenvalue weighted by Gasteiger charge is 2.08. The summed E-state index contributed by atoms with van der Waals surface area (Å²) in [6.07, 6.45) is -0.883. The highest BCUT2D eigenvalue weighted by atomic mass is 79.9. The summed E-state index contributed by atoms with van der Waals surface area (Å²) in [5.74, 6) is 0. The van der Waals surface area contributed by atoms with Gasteiger partial charge in [0.15, 0.2) is 0 Å². The number of halogens is 1. The van der Waals surface area contributed by atoms with E-state index in [0.29, 0.717) is 12.0 Å². The topological polar surface area (TPSA) is 76.7 Å². The third-order valence-corrected chi connectivity index (χ3v) is 3.62. The van der Waals surface area contributed by atoms with Crippen molar-refractivity contribution >= 4 is 43.7 Å². The molecule has 0 aliphatic rings. The molecule has 0 unspecified atom stereocenters. The van der Waals surface area contributed by atoms with Crippen LogP contribution in [0.5, 0.6) is 0 Å². The van der Waals surface area contributed by atoms with Crippen LogP contribution in [0.1, 0.15) is 5.56 Å². The highest BCUT2D eigenvalue weighted by Crippen LogP contribution is 2.26. The van der Waals surface area contributed by atoms with E-state index in [1.165, 1.54) is 0 Å². The van der Waals surface area contributed by atoms with Gasteiger partial charge >= 0.3 is 11.1 Å². The second kappa shape index (κ2) is 4.89. The molecule has 0 radical (unpaired) electrons. The van der Waals surface area contributed by atoms with Crippen molar-refractivity contribution in [1.29, 1.82) is 0 Å². The number of hydrogen-bond acceptors (Lipinski definition) is 5. The minimum Gasteiger partial charge on any atom is -0.450 e. The first-order valence-corrected chi connectivity index (χ1v) is 6.25. The zero-order valence-electron chi connectivity index (χ0n) is 8.44. The minimum absolute atomic E-state index is 0.0633. The van der Waals surface area contributed by atoms with Crippen molar-refractivity contribution in [2.45, 2.75) is 6.42 Å². The van der Waals surface area contributed by atoms with Crippen LogP contribution in [-0.2, 0) is 11.2 Å². The van der Waals surface area contributed by atoms with Gasteiger partial charge in [-0.05, 0) is 17.7 Å². The van der Waals surface area contributed by atoms with Crippen molar-refractivity contribution in [3.8, 4) is 0 Å². The second-order valence-corrected chi connectivity index (χ2v) is 5.04. The Morgan fingerprint density at radius 3 is 3.00 bits per heavy atom. The molecular formula is C10H7BrO5S. The van der Waals surface area contributed by atoms with Crippen LogP contribution < -0.4 is 4.94 Å². The van der Waals surface area contributed by atoms with Crippen LogP contribution in [0, 0.1) is 0 Å². The smallest absolute Gasteiger partial charge is 0.450 e. The van der Waals surface area contributed by atoms with Crippen LogP contribution in [-0.4, -0.2) is 17.9 Å². The Morgan fingerprint density at radius 1 is 1.53 bits per heavy atom. The number of benzene rings is 1. The van der Waals surface area contributed by atoms with E-state index in [9.17, 15) is 9.59 Å². The maximum Gasteiger partial charge on any atom is 0.505 e. The van der Waals surface area contributed by atoms with E-state index in [0.717, 1.165) is 26.1 Å². The van der Waals surface area contributed by atoms with Crippen molar-refractivity contribution in [2.75, 3.05) is 6.61 Å². The number of fused-ring (bicyclic) bond motifs is 1. The zero-order chi connectivity index (χ0) is 12.4. The van der Waals surface area contributed by atoms with Gasteiger partial charge in [0.05, 0.1) is 11.3 Å². The first-order chi connectivity index (χ1) is 8.06. The molecule has 0 bridgehead atoms. The van der Waals surface area contributed by atoms with Gasteiger partial charge in [-0.15, -0.1) is 0 Å². The Labute approximate surface area is 108 Å². The molecule has 0 saturated carbocycles. The molecule has 0 aliphatic heterocycles. The van der Waals surface area contributed by atoms with Crippen LogP contribution in [0.4, 0.5) is 4.79 Å². The second-order valence-electron chi connectivity index (χ2n) is 3.21. The number of rotatable bonds is 3. The molecule has 0 fully saturated rings. The van der Waals surface area contributed by atoms with Crippen LogP contribution in [0.25, 0.3) is 10.3 Å². The van der Waals surface area contributed by atoms with Crippen molar-refractivity contribution in [2.24, 2.45) is 0 Å². The zero-order valence-corrected chi connectivity index (χ0v) is 10.8. The molecule has 5 nitrogen and oxygen atoms in total. The minimum atomic E-state index is -1.30. The normalized spacial score (nSPS) is 10.6. The lowest BCUT2D eigenvalue weighted by atomic mass is 10.1. The average Bonchev–Trinajstić information content (AvgIpc) is 2.57. The Balaban J connectivity index is 2.24. The first kappa shape index (κ1) is 12.1. The molecule has 0 spiro atoms. The fraction of sp³-hybridized carbons (Fsp3) is 0.200. The summed E-state index contributed by atoms with van der Waals surface area (Å²) >= 11 is 4.38. The number of carboxylic acid groups (broad SMARTS) is 1. The van der Waals surface area contributed by atoms with Gasteiger partial charge in [-0.1, -0.05) is 27.3 Å². The van der Waals surface area contributed by atoms with Gasteiger partial charge in [-0.2, -0.15) is 0 Å². The van der Waals surface area contributed by atoms with E-state index in [2.05, 4.69) is 20.7 Å². The SMILES string of the molecule is O=C(O)OCCc1cc2oc(=O)sc2cc1Br. The first-order valence-electron chi connectivity index (χ1n) is 4.64. The molecule has 0 saturated heterocycles.